The molecule has 0 saturated heterocycles. The number of rotatable bonds is 3. The van der Waals surface area contributed by atoms with Crippen molar-refractivity contribution in [2.45, 2.75) is 64.0 Å². The van der Waals surface area contributed by atoms with Gasteiger partial charge in [0.2, 0.25) is 0 Å². The molecule has 2 heteroatoms. The van der Waals surface area contributed by atoms with Crippen LogP contribution in [0, 0.1) is 23.2 Å². The molecular formula is C13H22N2. The summed E-state index contributed by atoms with van der Waals surface area (Å²) in [5.41, 5.74) is -0.209. The van der Waals surface area contributed by atoms with Gasteiger partial charge in [-0.3, -0.25) is 5.32 Å². The molecule has 0 aromatic rings. The fraction of sp³-hybridized carbons (Fsp3) is 0.923. The van der Waals surface area contributed by atoms with Gasteiger partial charge < -0.3 is 0 Å². The maximum absolute atomic E-state index is 9.40. The van der Waals surface area contributed by atoms with Gasteiger partial charge in [-0.25, -0.2) is 0 Å². The normalized spacial score (nSPS) is 36.5. The van der Waals surface area contributed by atoms with Crippen LogP contribution in [0.25, 0.3) is 0 Å². The Labute approximate surface area is 93.0 Å². The van der Waals surface area contributed by atoms with E-state index in [1.54, 1.807) is 0 Å². The van der Waals surface area contributed by atoms with Crippen LogP contribution < -0.4 is 5.32 Å². The maximum Gasteiger partial charge on any atom is 0.107 e. The van der Waals surface area contributed by atoms with Crippen molar-refractivity contribution in [2.75, 3.05) is 0 Å². The predicted molar refractivity (Wildman–Crippen MR) is 61.3 cm³/mol. The molecule has 2 aliphatic rings. The van der Waals surface area contributed by atoms with Crippen LogP contribution in [-0.4, -0.2) is 11.6 Å². The Kier molecular flexibility index (Phi) is 3.02. The molecule has 0 aromatic heterocycles. The highest BCUT2D eigenvalue weighted by Crippen LogP contribution is 2.46. The topological polar surface area (TPSA) is 35.8 Å². The molecule has 2 atom stereocenters. The van der Waals surface area contributed by atoms with Crippen molar-refractivity contribution >= 4 is 0 Å². The van der Waals surface area contributed by atoms with E-state index in [1.807, 2.05) is 0 Å². The SMILES string of the molecule is CC(C)NC1(C#N)CCCC(C2CC2)C1. The standard InChI is InChI=1S/C13H22N2/c1-10(2)15-13(9-14)7-3-4-12(8-13)11-5-6-11/h10-12,15H,3-8H2,1-2H3. The van der Waals surface area contributed by atoms with Crippen molar-refractivity contribution in [3.8, 4) is 6.07 Å². The molecule has 0 spiro atoms. The maximum atomic E-state index is 9.40. The highest BCUT2D eigenvalue weighted by atomic mass is 15.0. The van der Waals surface area contributed by atoms with Gasteiger partial charge >= 0.3 is 0 Å². The third-order valence-corrected chi connectivity index (χ3v) is 3.86. The Bertz CT molecular complexity index is 262. The first-order chi connectivity index (χ1) is 7.15. The minimum absolute atomic E-state index is 0.209. The van der Waals surface area contributed by atoms with Gasteiger partial charge in [0.15, 0.2) is 0 Å². The third-order valence-electron chi connectivity index (χ3n) is 3.86. The van der Waals surface area contributed by atoms with Crippen LogP contribution in [-0.2, 0) is 0 Å². The summed E-state index contributed by atoms with van der Waals surface area (Å²) in [6, 6.07) is 2.97. The van der Waals surface area contributed by atoms with E-state index in [0.29, 0.717) is 6.04 Å². The molecular weight excluding hydrogens is 184 g/mol. The summed E-state index contributed by atoms with van der Waals surface area (Å²) in [4.78, 5) is 0. The average molecular weight is 206 g/mol. The number of nitrogens with one attached hydrogen (secondary N) is 1. The monoisotopic (exact) mass is 206 g/mol. The quantitative estimate of drug-likeness (QED) is 0.770. The number of nitrogens with zero attached hydrogens (tertiary/aromatic N) is 1. The Morgan fingerprint density at radius 2 is 2.00 bits per heavy atom. The van der Waals surface area contributed by atoms with Crippen LogP contribution in [0.5, 0.6) is 0 Å². The Balaban J connectivity index is 2.01. The van der Waals surface area contributed by atoms with E-state index in [2.05, 4.69) is 25.2 Å². The Morgan fingerprint density at radius 1 is 1.27 bits per heavy atom. The Morgan fingerprint density at radius 3 is 2.53 bits per heavy atom. The first-order valence-corrected chi connectivity index (χ1v) is 6.34. The summed E-state index contributed by atoms with van der Waals surface area (Å²) >= 11 is 0. The van der Waals surface area contributed by atoms with Crippen molar-refractivity contribution in [1.82, 2.24) is 5.32 Å². The van der Waals surface area contributed by atoms with Gasteiger partial charge in [-0.05, 0) is 57.8 Å². The number of hydrogen-bond donors (Lipinski definition) is 1. The van der Waals surface area contributed by atoms with E-state index in [-0.39, 0.29) is 5.54 Å². The Hall–Kier alpha value is -0.550. The molecule has 2 rings (SSSR count). The van der Waals surface area contributed by atoms with Gasteiger partial charge in [-0.1, -0.05) is 6.42 Å². The minimum Gasteiger partial charge on any atom is -0.297 e. The zero-order valence-corrected chi connectivity index (χ0v) is 9.92. The molecule has 2 unspecified atom stereocenters. The molecule has 0 bridgehead atoms. The van der Waals surface area contributed by atoms with Crippen LogP contribution in [0.3, 0.4) is 0 Å². The molecule has 0 amide bonds. The van der Waals surface area contributed by atoms with E-state index in [1.165, 1.54) is 25.7 Å². The molecule has 0 aromatic carbocycles. The summed E-state index contributed by atoms with van der Waals surface area (Å²) in [6.07, 6.45) is 7.54. The molecule has 2 saturated carbocycles. The first kappa shape index (κ1) is 11.0. The second-order valence-corrected chi connectivity index (χ2v) is 5.69. The lowest BCUT2D eigenvalue weighted by Gasteiger charge is -2.38. The van der Waals surface area contributed by atoms with Crippen molar-refractivity contribution in [3.63, 3.8) is 0 Å². The fourth-order valence-electron chi connectivity index (χ4n) is 3.11. The van der Waals surface area contributed by atoms with Crippen molar-refractivity contribution < 1.29 is 0 Å². The molecule has 2 nitrogen and oxygen atoms in total. The summed E-state index contributed by atoms with van der Waals surface area (Å²) in [7, 11) is 0. The van der Waals surface area contributed by atoms with Crippen LogP contribution in [0.2, 0.25) is 0 Å². The highest BCUT2D eigenvalue weighted by molar-refractivity contribution is 5.11. The van der Waals surface area contributed by atoms with Crippen LogP contribution >= 0.6 is 0 Å². The lowest BCUT2D eigenvalue weighted by Crippen LogP contribution is -2.50. The molecule has 2 fully saturated rings. The average Bonchev–Trinajstić information content (AvgIpc) is 3.00. The second-order valence-electron chi connectivity index (χ2n) is 5.69. The summed E-state index contributed by atoms with van der Waals surface area (Å²) < 4.78 is 0. The van der Waals surface area contributed by atoms with Crippen LogP contribution in [0.15, 0.2) is 0 Å². The smallest absolute Gasteiger partial charge is 0.107 e. The highest BCUT2D eigenvalue weighted by Gasteiger charge is 2.42. The molecule has 0 heterocycles. The van der Waals surface area contributed by atoms with Crippen molar-refractivity contribution in [2.24, 2.45) is 11.8 Å². The number of nitriles is 1. The predicted octanol–water partition coefficient (Wildman–Crippen LogP) is 2.85. The van der Waals surface area contributed by atoms with E-state index >= 15 is 0 Å². The van der Waals surface area contributed by atoms with E-state index in [9.17, 15) is 5.26 Å². The molecule has 84 valence electrons. The van der Waals surface area contributed by atoms with Gasteiger partial charge in [0.25, 0.3) is 0 Å². The second kappa shape index (κ2) is 4.14. The zero-order chi connectivity index (χ0) is 10.9. The number of hydrogen-bond acceptors (Lipinski definition) is 2. The van der Waals surface area contributed by atoms with Gasteiger partial charge in [0.1, 0.15) is 5.54 Å². The van der Waals surface area contributed by atoms with Gasteiger partial charge in [0, 0.05) is 6.04 Å². The van der Waals surface area contributed by atoms with Crippen molar-refractivity contribution in [1.29, 1.82) is 5.26 Å². The van der Waals surface area contributed by atoms with Gasteiger partial charge in [-0.2, -0.15) is 5.26 Å². The summed E-state index contributed by atoms with van der Waals surface area (Å²) in [5, 5.41) is 12.9. The summed E-state index contributed by atoms with van der Waals surface area (Å²) in [6.45, 7) is 4.28. The van der Waals surface area contributed by atoms with Gasteiger partial charge in [0.05, 0.1) is 6.07 Å². The van der Waals surface area contributed by atoms with Crippen LogP contribution in [0.1, 0.15) is 52.4 Å². The molecule has 2 aliphatic carbocycles. The van der Waals surface area contributed by atoms with Gasteiger partial charge in [-0.15, -0.1) is 0 Å². The van der Waals surface area contributed by atoms with E-state index in [4.69, 9.17) is 0 Å². The lowest BCUT2D eigenvalue weighted by molar-refractivity contribution is 0.201. The summed E-state index contributed by atoms with van der Waals surface area (Å²) in [5.74, 6) is 1.77. The lowest BCUT2D eigenvalue weighted by atomic mass is 9.74. The zero-order valence-electron chi connectivity index (χ0n) is 9.92. The minimum atomic E-state index is -0.209. The largest absolute Gasteiger partial charge is 0.297 e. The molecule has 0 radical (unpaired) electrons. The van der Waals surface area contributed by atoms with Crippen LogP contribution in [0.4, 0.5) is 0 Å². The third kappa shape index (κ3) is 2.52. The first-order valence-electron chi connectivity index (χ1n) is 6.34. The fourth-order valence-corrected chi connectivity index (χ4v) is 3.11. The van der Waals surface area contributed by atoms with E-state index < -0.39 is 0 Å². The van der Waals surface area contributed by atoms with E-state index in [0.717, 1.165) is 24.7 Å². The molecule has 15 heavy (non-hydrogen) atoms. The molecule has 1 N–H and O–H groups in total. The van der Waals surface area contributed by atoms with Crippen molar-refractivity contribution in [3.05, 3.63) is 0 Å². The molecule has 0 aliphatic heterocycles.